The lowest BCUT2D eigenvalue weighted by Crippen LogP contribution is -2.41. The Hall–Kier alpha value is -1.91. The Labute approximate surface area is 175 Å². The molecule has 1 aliphatic rings. The molecule has 1 aliphatic heterocycles. The van der Waals surface area contributed by atoms with Crippen LogP contribution in [0.1, 0.15) is 43.0 Å². The summed E-state index contributed by atoms with van der Waals surface area (Å²) in [4.78, 5) is 8.79. The number of hydrogen-bond donors (Lipinski definition) is 2. The Bertz CT molecular complexity index is 794. The van der Waals surface area contributed by atoms with Gasteiger partial charge in [-0.25, -0.2) is 14.1 Å². The minimum atomic E-state index is -0.357. The van der Waals surface area contributed by atoms with Crippen molar-refractivity contribution in [1.29, 1.82) is 0 Å². The molecular formula is C18H26FIN6O. The van der Waals surface area contributed by atoms with E-state index < -0.39 is 0 Å². The molecule has 1 unspecified atom stereocenters. The van der Waals surface area contributed by atoms with E-state index in [4.69, 9.17) is 4.74 Å². The third-order valence-corrected chi connectivity index (χ3v) is 4.27. The van der Waals surface area contributed by atoms with Crippen LogP contribution in [0.15, 0.2) is 23.2 Å². The van der Waals surface area contributed by atoms with Gasteiger partial charge in [0.15, 0.2) is 17.5 Å². The van der Waals surface area contributed by atoms with E-state index in [9.17, 15) is 4.39 Å². The molecule has 0 amide bonds. The summed E-state index contributed by atoms with van der Waals surface area (Å²) in [7, 11) is 1.72. The average Bonchev–Trinajstić information content (AvgIpc) is 3.02. The number of aliphatic imine (C=N–C) groups is 1. The molecule has 7 nitrogen and oxygen atoms in total. The summed E-state index contributed by atoms with van der Waals surface area (Å²) >= 11 is 0. The van der Waals surface area contributed by atoms with Crippen molar-refractivity contribution in [2.45, 2.75) is 45.8 Å². The number of guanidine groups is 1. The summed E-state index contributed by atoms with van der Waals surface area (Å²) in [6, 6.07) is 5.03. The summed E-state index contributed by atoms with van der Waals surface area (Å²) < 4.78 is 21.1. The molecular weight excluding hydrogens is 462 g/mol. The van der Waals surface area contributed by atoms with E-state index in [0.717, 1.165) is 36.6 Å². The third kappa shape index (κ3) is 5.30. The number of nitrogens with one attached hydrogen (secondary N) is 2. The van der Waals surface area contributed by atoms with Crippen LogP contribution in [0.3, 0.4) is 0 Å². The highest BCUT2D eigenvalue weighted by Gasteiger charge is 2.24. The van der Waals surface area contributed by atoms with E-state index in [1.54, 1.807) is 13.1 Å². The van der Waals surface area contributed by atoms with Gasteiger partial charge in [0.05, 0.1) is 12.6 Å². The van der Waals surface area contributed by atoms with Gasteiger partial charge in [0.1, 0.15) is 11.6 Å². The first-order valence-corrected chi connectivity index (χ1v) is 8.90. The van der Waals surface area contributed by atoms with Gasteiger partial charge >= 0.3 is 0 Å². The van der Waals surface area contributed by atoms with Crippen LogP contribution >= 0.6 is 24.0 Å². The van der Waals surface area contributed by atoms with E-state index in [-0.39, 0.29) is 41.6 Å². The van der Waals surface area contributed by atoms with Crippen molar-refractivity contribution in [3.63, 3.8) is 0 Å². The van der Waals surface area contributed by atoms with Crippen LogP contribution in [0.5, 0.6) is 5.75 Å². The molecule has 148 valence electrons. The van der Waals surface area contributed by atoms with Crippen molar-refractivity contribution in [1.82, 2.24) is 25.4 Å². The number of benzene rings is 1. The first-order valence-electron chi connectivity index (χ1n) is 8.90. The Morgan fingerprint density at radius 1 is 1.44 bits per heavy atom. The largest absolute Gasteiger partial charge is 0.491 e. The Balaban J connectivity index is 0.00000261. The zero-order valence-electron chi connectivity index (χ0n) is 15.8. The molecule has 2 aromatic rings. The zero-order valence-corrected chi connectivity index (χ0v) is 18.2. The van der Waals surface area contributed by atoms with E-state index >= 15 is 0 Å². The molecule has 2 N–H and O–H groups in total. The van der Waals surface area contributed by atoms with E-state index in [0.29, 0.717) is 19.1 Å². The molecule has 1 atom stereocenters. The molecule has 0 saturated heterocycles. The highest BCUT2D eigenvalue weighted by Crippen LogP contribution is 2.23. The normalized spacial score (nSPS) is 16.3. The first kappa shape index (κ1) is 21.4. The average molecular weight is 488 g/mol. The van der Waals surface area contributed by atoms with Gasteiger partial charge in [0.2, 0.25) is 0 Å². The second-order valence-corrected chi connectivity index (χ2v) is 6.20. The fourth-order valence-electron chi connectivity index (χ4n) is 3.08. The maximum absolute atomic E-state index is 14.0. The lowest BCUT2D eigenvalue weighted by atomic mass is 10.1. The van der Waals surface area contributed by atoms with Crippen LogP contribution in [0.4, 0.5) is 4.39 Å². The molecule has 0 radical (unpaired) electrons. The summed E-state index contributed by atoms with van der Waals surface area (Å²) in [6.07, 6.45) is 2.01. The Kier molecular flexibility index (Phi) is 7.81. The quantitative estimate of drug-likeness (QED) is 0.385. The van der Waals surface area contributed by atoms with Crippen LogP contribution < -0.4 is 15.4 Å². The minimum Gasteiger partial charge on any atom is -0.491 e. The number of halogens is 2. The lowest BCUT2D eigenvalue weighted by Gasteiger charge is -2.25. The summed E-state index contributed by atoms with van der Waals surface area (Å²) in [5.74, 6) is 2.28. The van der Waals surface area contributed by atoms with Crippen LogP contribution in [0.25, 0.3) is 0 Å². The Morgan fingerprint density at radius 2 is 2.26 bits per heavy atom. The van der Waals surface area contributed by atoms with Crippen molar-refractivity contribution in [3.05, 3.63) is 41.2 Å². The monoisotopic (exact) mass is 488 g/mol. The number of hydrogen-bond acceptors (Lipinski definition) is 4. The van der Waals surface area contributed by atoms with E-state index in [2.05, 4.69) is 25.7 Å². The predicted octanol–water partition coefficient (Wildman–Crippen LogP) is 2.94. The standard InChI is InChI=1S/C18H25FN6O.HI/c1-4-26-16-8-7-13(10-14(16)19)11-21-18(20-3)23-15-6-5-9-25-17(15)22-12(2)24-25;/h7-8,10,15H,4-6,9,11H2,1-3H3,(H2,20,21,23);1H. The fraction of sp³-hybridized carbons (Fsp3) is 0.500. The van der Waals surface area contributed by atoms with Gasteiger partial charge in [-0.3, -0.25) is 4.99 Å². The van der Waals surface area contributed by atoms with Crippen molar-refractivity contribution >= 4 is 29.9 Å². The minimum absolute atomic E-state index is 0. The van der Waals surface area contributed by atoms with Crippen molar-refractivity contribution in [3.8, 4) is 5.75 Å². The molecule has 0 spiro atoms. The number of nitrogens with zero attached hydrogens (tertiary/aromatic N) is 4. The van der Waals surface area contributed by atoms with Gasteiger partial charge < -0.3 is 15.4 Å². The number of fused-ring (bicyclic) bond motifs is 1. The van der Waals surface area contributed by atoms with Gasteiger partial charge in [0.25, 0.3) is 0 Å². The van der Waals surface area contributed by atoms with Crippen molar-refractivity contribution in [2.75, 3.05) is 13.7 Å². The molecule has 9 heteroatoms. The molecule has 0 bridgehead atoms. The number of rotatable bonds is 5. The summed E-state index contributed by atoms with van der Waals surface area (Å²) in [5, 5.41) is 11.0. The second kappa shape index (κ2) is 9.86. The Morgan fingerprint density at radius 3 is 2.96 bits per heavy atom. The van der Waals surface area contributed by atoms with Gasteiger partial charge in [-0.2, -0.15) is 5.10 Å². The van der Waals surface area contributed by atoms with Crippen molar-refractivity contribution in [2.24, 2.45) is 4.99 Å². The molecule has 0 fully saturated rings. The van der Waals surface area contributed by atoms with E-state index in [1.165, 1.54) is 6.07 Å². The fourth-order valence-corrected chi connectivity index (χ4v) is 3.08. The maximum Gasteiger partial charge on any atom is 0.191 e. The maximum atomic E-state index is 14.0. The molecule has 0 aliphatic carbocycles. The van der Waals surface area contributed by atoms with Gasteiger partial charge in [-0.05, 0) is 44.4 Å². The van der Waals surface area contributed by atoms with Crippen LogP contribution in [-0.2, 0) is 13.1 Å². The van der Waals surface area contributed by atoms with Crippen LogP contribution in [0.2, 0.25) is 0 Å². The van der Waals surface area contributed by atoms with Crippen LogP contribution in [0, 0.1) is 12.7 Å². The molecule has 1 aromatic carbocycles. The predicted molar refractivity (Wildman–Crippen MR) is 113 cm³/mol. The van der Waals surface area contributed by atoms with Gasteiger partial charge in [-0.1, -0.05) is 6.07 Å². The van der Waals surface area contributed by atoms with E-state index in [1.807, 2.05) is 24.6 Å². The van der Waals surface area contributed by atoms with Crippen molar-refractivity contribution < 1.29 is 9.13 Å². The molecule has 2 heterocycles. The number of ether oxygens (including phenoxy) is 1. The SMILES string of the molecule is CCOc1ccc(CNC(=NC)NC2CCCn3nc(C)nc32)cc1F.I. The van der Waals surface area contributed by atoms with Gasteiger partial charge in [0, 0.05) is 20.1 Å². The summed E-state index contributed by atoms with van der Waals surface area (Å²) in [6.45, 7) is 5.53. The topological polar surface area (TPSA) is 76.4 Å². The highest BCUT2D eigenvalue weighted by atomic mass is 127. The second-order valence-electron chi connectivity index (χ2n) is 6.20. The number of aromatic nitrogens is 3. The summed E-state index contributed by atoms with van der Waals surface area (Å²) in [5.41, 5.74) is 0.816. The molecule has 27 heavy (non-hydrogen) atoms. The first-order chi connectivity index (χ1) is 12.6. The third-order valence-electron chi connectivity index (χ3n) is 4.27. The molecule has 3 rings (SSSR count). The zero-order chi connectivity index (χ0) is 18.5. The van der Waals surface area contributed by atoms with Crippen LogP contribution in [-0.4, -0.2) is 34.4 Å². The lowest BCUT2D eigenvalue weighted by molar-refractivity contribution is 0.321. The van der Waals surface area contributed by atoms with Gasteiger partial charge in [-0.15, -0.1) is 24.0 Å². The number of aryl methyl sites for hydroxylation is 2. The highest BCUT2D eigenvalue weighted by molar-refractivity contribution is 14.0. The molecule has 1 aromatic heterocycles. The molecule has 0 saturated carbocycles. The smallest absolute Gasteiger partial charge is 0.191 e.